The summed E-state index contributed by atoms with van der Waals surface area (Å²) in [6, 6.07) is 0. The number of nitrogens with two attached hydrogens (primary N) is 6. The van der Waals surface area contributed by atoms with Gasteiger partial charge in [-0.3, -0.25) is 16.8 Å². The fourth-order valence-corrected chi connectivity index (χ4v) is 1.62. The molecule has 0 heterocycles. The van der Waals surface area contributed by atoms with Gasteiger partial charge in [0, 0.05) is 5.56 Å². The van der Waals surface area contributed by atoms with Crippen LogP contribution in [0.4, 0.5) is 22.7 Å². The Bertz CT molecular complexity index is 395. The molecule has 0 aromatic heterocycles. The number of nitrogen functional groups attached to an aromatic ring is 4. The van der Waals surface area contributed by atoms with Crippen molar-refractivity contribution in [1.82, 2.24) is 5.32 Å². The Morgan fingerprint density at radius 3 is 1.75 bits per heavy atom. The van der Waals surface area contributed by atoms with E-state index in [1.54, 1.807) is 14.0 Å². The zero-order valence-corrected chi connectivity index (χ0v) is 9.46. The van der Waals surface area contributed by atoms with Crippen molar-refractivity contribution >= 4 is 22.7 Å². The molecule has 1 aromatic carbocycles. The van der Waals surface area contributed by atoms with Crippen LogP contribution >= 0.6 is 0 Å². The van der Waals surface area contributed by atoms with Gasteiger partial charge in [0.25, 0.3) is 0 Å². The molecule has 0 fully saturated rings. The summed E-state index contributed by atoms with van der Waals surface area (Å²) in [7, 11) is 1.61. The van der Waals surface area contributed by atoms with Gasteiger partial charge in [0.15, 0.2) is 0 Å². The molecule has 1 aromatic rings. The molecule has 0 unspecified atom stereocenters. The lowest BCUT2D eigenvalue weighted by Crippen LogP contribution is -2.57. The van der Waals surface area contributed by atoms with Crippen LogP contribution in [-0.2, 0) is 5.79 Å². The van der Waals surface area contributed by atoms with Crippen molar-refractivity contribution in [3.8, 4) is 0 Å². The first-order chi connectivity index (χ1) is 7.24. The molecule has 0 atom stereocenters. The van der Waals surface area contributed by atoms with Crippen LogP contribution in [0.5, 0.6) is 0 Å². The normalized spacial score (nSPS) is 11.8. The van der Waals surface area contributed by atoms with E-state index in [4.69, 9.17) is 34.4 Å². The Morgan fingerprint density at radius 2 is 1.31 bits per heavy atom. The third-order valence-corrected chi connectivity index (χ3v) is 2.75. The van der Waals surface area contributed by atoms with Gasteiger partial charge in [-0.2, -0.15) is 0 Å². The molecule has 13 N–H and O–H groups in total. The molecule has 0 amide bonds. The zero-order chi connectivity index (χ0) is 12.7. The predicted octanol–water partition coefficient (Wildman–Crippen LogP) is -1.43. The maximum Gasteiger partial charge on any atom is 0.147 e. The third-order valence-electron chi connectivity index (χ3n) is 2.75. The number of rotatable bonds is 2. The van der Waals surface area contributed by atoms with Crippen LogP contribution in [0.25, 0.3) is 0 Å². The van der Waals surface area contributed by atoms with Gasteiger partial charge in [-0.05, 0) is 19.5 Å². The summed E-state index contributed by atoms with van der Waals surface area (Å²) in [5, 5.41) is 2.74. The average molecular weight is 225 g/mol. The lowest BCUT2D eigenvalue weighted by Gasteiger charge is -2.29. The van der Waals surface area contributed by atoms with Crippen molar-refractivity contribution in [2.45, 2.75) is 12.7 Å². The molecule has 7 heteroatoms. The maximum atomic E-state index is 5.86. The van der Waals surface area contributed by atoms with Gasteiger partial charge in [0.2, 0.25) is 0 Å². The van der Waals surface area contributed by atoms with Crippen LogP contribution in [0.2, 0.25) is 0 Å². The highest BCUT2D eigenvalue weighted by Crippen LogP contribution is 2.38. The highest BCUT2D eigenvalue weighted by molar-refractivity contribution is 5.91. The summed E-state index contributed by atoms with van der Waals surface area (Å²) < 4.78 is 0. The molecule has 1 rings (SSSR count). The predicted molar refractivity (Wildman–Crippen MR) is 67.9 cm³/mol. The summed E-state index contributed by atoms with van der Waals surface area (Å²) in [6.45, 7) is 1.74. The second-order valence-electron chi connectivity index (χ2n) is 3.77. The highest BCUT2D eigenvalue weighted by Gasteiger charge is 2.28. The first-order valence-corrected chi connectivity index (χ1v) is 4.73. The van der Waals surface area contributed by atoms with Crippen LogP contribution < -0.4 is 39.7 Å². The Morgan fingerprint density at radius 1 is 0.875 bits per heavy atom. The number of benzene rings is 1. The van der Waals surface area contributed by atoms with Crippen LogP contribution in [0.3, 0.4) is 0 Å². The molecule has 0 saturated heterocycles. The van der Waals surface area contributed by atoms with Gasteiger partial charge >= 0.3 is 0 Å². The van der Waals surface area contributed by atoms with E-state index in [0.717, 1.165) is 0 Å². The van der Waals surface area contributed by atoms with Crippen molar-refractivity contribution in [2.24, 2.45) is 11.5 Å². The van der Waals surface area contributed by atoms with E-state index in [1.807, 2.05) is 0 Å². The SMILES string of the molecule is CNC(N)(N)c1c(C)c(N)c(N)c(N)c1N. The average Bonchev–Trinajstić information content (AvgIpc) is 2.23. The fourth-order valence-electron chi connectivity index (χ4n) is 1.62. The minimum atomic E-state index is -1.30. The summed E-state index contributed by atoms with van der Waals surface area (Å²) in [6.07, 6.45) is 0. The van der Waals surface area contributed by atoms with E-state index in [0.29, 0.717) is 16.8 Å². The molecule has 90 valence electrons. The van der Waals surface area contributed by atoms with Crippen molar-refractivity contribution in [2.75, 3.05) is 30.0 Å². The number of nitrogens with one attached hydrogen (secondary N) is 1. The lowest BCUT2D eigenvalue weighted by atomic mass is 9.96. The zero-order valence-electron chi connectivity index (χ0n) is 9.46. The number of hydrogen-bond acceptors (Lipinski definition) is 7. The molecule has 16 heavy (non-hydrogen) atoms. The highest BCUT2D eigenvalue weighted by atomic mass is 15.2. The largest absolute Gasteiger partial charge is 0.397 e. The van der Waals surface area contributed by atoms with Gasteiger partial charge in [-0.25, -0.2) is 0 Å². The van der Waals surface area contributed by atoms with Crippen molar-refractivity contribution < 1.29 is 0 Å². The standard InChI is InChI=1S/C9H19N7/c1-3-4(9(14,15)16-2)6(11)8(13)7(12)5(3)10/h16H,10-15H2,1-2H3. The molecule has 0 aliphatic rings. The Hall–Kier alpha value is -1.70. The molecule has 0 saturated carbocycles. The smallest absolute Gasteiger partial charge is 0.147 e. The second kappa shape index (κ2) is 3.71. The van der Waals surface area contributed by atoms with E-state index < -0.39 is 5.79 Å². The minimum Gasteiger partial charge on any atom is -0.397 e. The number of anilines is 4. The summed E-state index contributed by atoms with van der Waals surface area (Å²) in [5.74, 6) is -1.30. The van der Waals surface area contributed by atoms with Gasteiger partial charge < -0.3 is 22.9 Å². The van der Waals surface area contributed by atoms with Gasteiger partial charge in [0.05, 0.1) is 22.7 Å². The lowest BCUT2D eigenvalue weighted by molar-refractivity contribution is 0.392. The Balaban J connectivity index is 3.65. The van der Waals surface area contributed by atoms with Gasteiger partial charge in [0.1, 0.15) is 5.79 Å². The Kier molecular flexibility index (Phi) is 2.87. The quantitative estimate of drug-likeness (QED) is 0.239. The third kappa shape index (κ3) is 1.60. The van der Waals surface area contributed by atoms with E-state index in [9.17, 15) is 0 Å². The van der Waals surface area contributed by atoms with Gasteiger partial charge in [-0.1, -0.05) is 0 Å². The molecule has 0 aliphatic heterocycles. The maximum absolute atomic E-state index is 5.86. The van der Waals surface area contributed by atoms with Gasteiger partial charge in [-0.15, -0.1) is 0 Å². The van der Waals surface area contributed by atoms with Crippen LogP contribution in [0, 0.1) is 6.92 Å². The van der Waals surface area contributed by atoms with Crippen molar-refractivity contribution in [3.63, 3.8) is 0 Å². The number of hydrogen-bond donors (Lipinski definition) is 7. The first kappa shape index (κ1) is 12.4. The minimum absolute atomic E-state index is 0.202. The molecule has 7 nitrogen and oxygen atoms in total. The summed E-state index contributed by atoms with van der Waals surface area (Å²) >= 11 is 0. The summed E-state index contributed by atoms with van der Waals surface area (Å²) in [5.41, 5.74) is 37.0. The monoisotopic (exact) mass is 225 g/mol. The first-order valence-electron chi connectivity index (χ1n) is 4.73. The van der Waals surface area contributed by atoms with E-state index in [1.165, 1.54) is 0 Å². The van der Waals surface area contributed by atoms with E-state index in [-0.39, 0.29) is 17.1 Å². The van der Waals surface area contributed by atoms with Crippen molar-refractivity contribution in [1.29, 1.82) is 0 Å². The fraction of sp³-hybridized carbons (Fsp3) is 0.333. The molecule has 0 bridgehead atoms. The second-order valence-corrected chi connectivity index (χ2v) is 3.77. The van der Waals surface area contributed by atoms with E-state index in [2.05, 4.69) is 5.32 Å². The molecule has 0 spiro atoms. The molecule has 0 aliphatic carbocycles. The van der Waals surface area contributed by atoms with Crippen LogP contribution in [-0.4, -0.2) is 7.05 Å². The Labute approximate surface area is 94.1 Å². The van der Waals surface area contributed by atoms with Crippen LogP contribution in [0.15, 0.2) is 0 Å². The summed E-state index contributed by atoms with van der Waals surface area (Å²) in [4.78, 5) is 0. The van der Waals surface area contributed by atoms with Crippen LogP contribution in [0.1, 0.15) is 11.1 Å². The van der Waals surface area contributed by atoms with Crippen molar-refractivity contribution in [3.05, 3.63) is 11.1 Å². The molecular weight excluding hydrogens is 206 g/mol. The molecule has 0 radical (unpaired) electrons. The molecular formula is C9H19N7. The topological polar surface area (TPSA) is 168 Å². The van der Waals surface area contributed by atoms with E-state index >= 15 is 0 Å².